The number of aliphatic imine (C=N–C) groups is 1. The van der Waals surface area contributed by atoms with Gasteiger partial charge in [-0.25, -0.2) is 0 Å². The van der Waals surface area contributed by atoms with Crippen molar-refractivity contribution < 1.29 is 0 Å². The number of nitrogens with one attached hydrogen (secondary N) is 3. The number of anilines is 2. The van der Waals surface area contributed by atoms with E-state index in [4.69, 9.17) is 0 Å². The molecule has 4 nitrogen and oxygen atoms in total. The summed E-state index contributed by atoms with van der Waals surface area (Å²) in [4.78, 5) is 4.15. The summed E-state index contributed by atoms with van der Waals surface area (Å²) in [6, 6.07) is 6.34. The molecule has 2 rings (SSSR count). The van der Waals surface area contributed by atoms with Crippen LogP contribution in [0, 0.1) is 0 Å². The smallest absolute Gasteiger partial charge is 0.102 e. The van der Waals surface area contributed by atoms with Crippen molar-refractivity contribution in [3.05, 3.63) is 48.3 Å². The molecule has 0 fully saturated rings. The zero-order valence-corrected chi connectivity index (χ0v) is 12.2. The van der Waals surface area contributed by atoms with E-state index in [0.29, 0.717) is 6.42 Å². The maximum Gasteiger partial charge on any atom is 0.102 e. The fraction of sp³-hybridized carbons (Fsp3) is 0.312. The molecule has 0 unspecified atom stereocenters. The average Bonchev–Trinajstić information content (AvgIpc) is 2.44. The largest absolute Gasteiger partial charge is 0.377 e. The number of aryl methyl sites for hydroxylation is 1. The highest BCUT2D eigenvalue weighted by atomic mass is 15.0. The van der Waals surface area contributed by atoms with Gasteiger partial charge in [-0.2, -0.15) is 0 Å². The van der Waals surface area contributed by atoms with Crippen molar-refractivity contribution in [3.63, 3.8) is 0 Å². The summed E-state index contributed by atoms with van der Waals surface area (Å²) in [6.07, 6.45) is 2.74. The summed E-state index contributed by atoms with van der Waals surface area (Å²) in [7, 11) is 3.64. The van der Waals surface area contributed by atoms with Crippen LogP contribution in [0.3, 0.4) is 0 Å². The molecular weight excluding hydrogens is 248 g/mol. The third-order valence-electron chi connectivity index (χ3n) is 3.38. The Labute approximate surface area is 120 Å². The van der Waals surface area contributed by atoms with Crippen LogP contribution in [0.2, 0.25) is 0 Å². The van der Waals surface area contributed by atoms with Crippen molar-refractivity contribution in [1.82, 2.24) is 5.32 Å². The Bertz CT molecular complexity index is 558. The average molecular weight is 270 g/mol. The molecule has 0 saturated carbocycles. The Morgan fingerprint density at radius 1 is 1.40 bits per heavy atom. The van der Waals surface area contributed by atoms with Crippen molar-refractivity contribution in [2.45, 2.75) is 19.3 Å². The summed E-state index contributed by atoms with van der Waals surface area (Å²) in [5.41, 5.74) is 5.48. The van der Waals surface area contributed by atoms with E-state index in [1.165, 1.54) is 5.56 Å². The second-order valence-corrected chi connectivity index (χ2v) is 4.93. The summed E-state index contributed by atoms with van der Waals surface area (Å²) in [5, 5.41) is 9.71. The highest BCUT2D eigenvalue weighted by molar-refractivity contribution is 5.84. The lowest BCUT2D eigenvalue weighted by molar-refractivity contribution is 0.919. The maximum absolute atomic E-state index is 4.15. The molecule has 3 N–H and O–H groups in total. The van der Waals surface area contributed by atoms with Gasteiger partial charge in [0.15, 0.2) is 0 Å². The van der Waals surface area contributed by atoms with Crippen LogP contribution in [0.1, 0.15) is 18.4 Å². The van der Waals surface area contributed by atoms with Gasteiger partial charge in [0.1, 0.15) is 5.84 Å². The molecule has 0 amide bonds. The van der Waals surface area contributed by atoms with Gasteiger partial charge in [0, 0.05) is 43.3 Å². The molecular formula is C16H22N4. The Morgan fingerprint density at radius 2 is 2.20 bits per heavy atom. The van der Waals surface area contributed by atoms with Crippen LogP contribution in [-0.2, 0) is 6.42 Å². The fourth-order valence-corrected chi connectivity index (χ4v) is 2.26. The Balaban J connectivity index is 2.05. The molecule has 1 aliphatic heterocycles. The molecule has 0 bridgehead atoms. The predicted octanol–water partition coefficient (Wildman–Crippen LogP) is 3.12. The lowest BCUT2D eigenvalue weighted by Crippen LogP contribution is -2.20. The van der Waals surface area contributed by atoms with Crippen LogP contribution >= 0.6 is 0 Å². The summed E-state index contributed by atoms with van der Waals surface area (Å²) in [6.45, 7) is 8.03. The minimum absolute atomic E-state index is 0.685. The van der Waals surface area contributed by atoms with Crippen LogP contribution in [0.15, 0.2) is 47.7 Å². The zero-order valence-electron chi connectivity index (χ0n) is 12.2. The van der Waals surface area contributed by atoms with E-state index in [9.17, 15) is 0 Å². The zero-order chi connectivity index (χ0) is 14.5. The topological polar surface area (TPSA) is 48.5 Å². The number of hydrogen-bond donors (Lipinski definition) is 3. The van der Waals surface area contributed by atoms with Gasteiger partial charge in [-0.3, -0.25) is 4.99 Å². The van der Waals surface area contributed by atoms with Crippen LogP contribution in [0.25, 0.3) is 0 Å². The van der Waals surface area contributed by atoms with E-state index in [-0.39, 0.29) is 0 Å². The van der Waals surface area contributed by atoms with Gasteiger partial charge in [-0.1, -0.05) is 19.2 Å². The molecule has 106 valence electrons. The van der Waals surface area contributed by atoms with E-state index < -0.39 is 0 Å². The monoisotopic (exact) mass is 270 g/mol. The molecule has 4 heteroatoms. The number of nitrogens with zero attached hydrogens (tertiary/aromatic N) is 1. The van der Waals surface area contributed by atoms with Gasteiger partial charge in [0.2, 0.25) is 0 Å². The number of fused-ring (bicyclic) bond motifs is 1. The van der Waals surface area contributed by atoms with Crippen molar-refractivity contribution in [3.8, 4) is 0 Å². The minimum atomic E-state index is 0.685. The highest BCUT2D eigenvalue weighted by Gasteiger charge is 2.11. The lowest BCUT2D eigenvalue weighted by Gasteiger charge is -2.21. The first-order valence-electron chi connectivity index (χ1n) is 6.78. The molecule has 0 atom stereocenters. The second kappa shape index (κ2) is 6.28. The van der Waals surface area contributed by atoms with Crippen molar-refractivity contribution in [2.75, 3.05) is 24.7 Å². The number of rotatable bonds is 4. The van der Waals surface area contributed by atoms with Gasteiger partial charge >= 0.3 is 0 Å². The van der Waals surface area contributed by atoms with Crippen LogP contribution in [0.4, 0.5) is 11.4 Å². The Morgan fingerprint density at radius 3 is 2.90 bits per heavy atom. The molecule has 0 aromatic heterocycles. The normalized spacial score (nSPS) is 14.3. The number of hydrogen-bond acceptors (Lipinski definition) is 3. The van der Waals surface area contributed by atoms with Crippen molar-refractivity contribution in [2.24, 2.45) is 4.99 Å². The molecule has 20 heavy (non-hydrogen) atoms. The highest BCUT2D eigenvalue weighted by Crippen LogP contribution is 2.29. The molecule has 1 aromatic carbocycles. The predicted molar refractivity (Wildman–Crippen MR) is 87.3 cm³/mol. The fourth-order valence-electron chi connectivity index (χ4n) is 2.26. The molecule has 0 radical (unpaired) electrons. The van der Waals surface area contributed by atoms with E-state index in [1.807, 2.05) is 7.05 Å². The molecule has 0 aliphatic carbocycles. The second-order valence-electron chi connectivity index (χ2n) is 4.93. The van der Waals surface area contributed by atoms with Crippen LogP contribution in [0.5, 0.6) is 0 Å². The van der Waals surface area contributed by atoms with Crippen molar-refractivity contribution in [1.29, 1.82) is 0 Å². The number of allylic oxidation sites excluding steroid dienone is 1. The number of amidine groups is 1. The van der Waals surface area contributed by atoms with Gasteiger partial charge < -0.3 is 16.0 Å². The summed E-state index contributed by atoms with van der Waals surface area (Å²) in [5.74, 6) is 0.909. The maximum atomic E-state index is 4.15. The van der Waals surface area contributed by atoms with Gasteiger partial charge in [-0.15, -0.1) is 0 Å². The summed E-state index contributed by atoms with van der Waals surface area (Å²) >= 11 is 0. The quantitative estimate of drug-likeness (QED) is 0.582. The van der Waals surface area contributed by atoms with E-state index >= 15 is 0 Å². The van der Waals surface area contributed by atoms with E-state index in [1.54, 1.807) is 7.05 Å². The first-order chi connectivity index (χ1) is 9.62. The Hall–Kier alpha value is -2.23. The molecule has 1 heterocycles. The molecule has 0 saturated heterocycles. The standard InChI is InChI=1S/C16H22N4/c1-11-5-6-13-7-8-14(10-15(13)20-11)19-12(2)9-16(17-3)18-4/h7-8,10,19-20H,1-2,5-6,9H2,3-4H3,(H,17,18). The SMILES string of the molecule is C=C(CC(=NC)NC)Nc1ccc2c(c1)NC(=C)CC2. The lowest BCUT2D eigenvalue weighted by atomic mass is 10.0. The minimum Gasteiger partial charge on any atom is -0.377 e. The number of benzene rings is 1. The van der Waals surface area contributed by atoms with E-state index in [0.717, 1.165) is 41.4 Å². The van der Waals surface area contributed by atoms with E-state index in [2.05, 4.69) is 52.3 Å². The van der Waals surface area contributed by atoms with Crippen molar-refractivity contribution >= 4 is 17.2 Å². The van der Waals surface area contributed by atoms with Gasteiger partial charge in [0.05, 0.1) is 0 Å². The third-order valence-corrected chi connectivity index (χ3v) is 3.38. The Kier molecular flexibility index (Phi) is 4.45. The molecule has 1 aromatic rings. The van der Waals surface area contributed by atoms with Gasteiger partial charge in [-0.05, 0) is 30.5 Å². The van der Waals surface area contributed by atoms with Crippen LogP contribution < -0.4 is 16.0 Å². The first kappa shape index (κ1) is 14.2. The van der Waals surface area contributed by atoms with Gasteiger partial charge in [0.25, 0.3) is 0 Å². The summed E-state index contributed by atoms with van der Waals surface area (Å²) < 4.78 is 0. The molecule has 1 aliphatic rings. The van der Waals surface area contributed by atoms with Crippen LogP contribution in [-0.4, -0.2) is 19.9 Å². The third kappa shape index (κ3) is 3.41. The molecule has 0 spiro atoms. The first-order valence-corrected chi connectivity index (χ1v) is 6.78.